The normalized spacial score (nSPS) is 27.2. The lowest BCUT2D eigenvalue weighted by Gasteiger charge is -2.26. The van der Waals surface area contributed by atoms with E-state index in [1.807, 2.05) is 0 Å². The van der Waals surface area contributed by atoms with E-state index in [4.69, 9.17) is 27.7 Å². The van der Waals surface area contributed by atoms with E-state index < -0.39 is 9.87 Å². The number of hydrogen-bond acceptors (Lipinski definition) is 4. The van der Waals surface area contributed by atoms with Gasteiger partial charge in [-0.25, -0.2) is 0 Å². The maximum atomic E-state index is 12.2. The number of nitrogens with one attached hydrogen (secondary N) is 1. The summed E-state index contributed by atoms with van der Waals surface area (Å²) in [6.45, 7) is 1.74. The zero-order valence-corrected chi connectivity index (χ0v) is 12.1. The van der Waals surface area contributed by atoms with Crippen LogP contribution in [0.25, 0.3) is 0 Å². The topological polar surface area (TPSA) is 68.0 Å². The highest BCUT2D eigenvalue weighted by atomic mass is 35.5. The third-order valence-corrected chi connectivity index (χ3v) is 4.75. The lowest BCUT2D eigenvalue weighted by atomic mass is 9.96. The predicted molar refractivity (Wildman–Crippen MR) is 69.9 cm³/mol. The second-order valence-electron chi connectivity index (χ2n) is 5.43. The first-order valence-electron chi connectivity index (χ1n) is 6.44. The third-order valence-electron chi connectivity index (χ3n) is 3.92. The highest BCUT2D eigenvalue weighted by Crippen LogP contribution is 2.53. The van der Waals surface area contributed by atoms with Crippen LogP contribution in [0.15, 0.2) is 4.52 Å². The number of alkyl halides is 2. The van der Waals surface area contributed by atoms with Gasteiger partial charge in [0.1, 0.15) is 9.87 Å². The first-order valence-corrected chi connectivity index (χ1v) is 7.19. The lowest BCUT2D eigenvalue weighted by Crippen LogP contribution is -2.45. The first-order chi connectivity index (χ1) is 8.93. The molecule has 0 radical (unpaired) electrons. The Balaban J connectivity index is 1.80. The molecule has 0 bridgehead atoms. The van der Waals surface area contributed by atoms with Gasteiger partial charge in [-0.2, -0.15) is 4.98 Å². The SMILES string of the molecule is Cc1nc(C2(NC(=O)C3CC3(Cl)Cl)CCCC2)no1. The largest absolute Gasteiger partial charge is 0.343 e. The van der Waals surface area contributed by atoms with E-state index in [-0.39, 0.29) is 11.8 Å². The van der Waals surface area contributed by atoms with Gasteiger partial charge in [0.15, 0.2) is 5.82 Å². The maximum absolute atomic E-state index is 12.2. The minimum absolute atomic E-state index is 0.116. The van der Waals surface area contributed by atoms with E-state index in [1.165, 1.54) is 0 Å². The molecule has 7 heteroatoms. The van der Waals surface area contributed by atoms with Crippen molar-refractivity contribution in [3.05, 3.63) is 11.7 Å². The van der Waals surface area contributed by atoms with Crippen molar-refractivity contribution in [1.29, 1.82) is 0 Å². The van der Waals surface area contributed by atoms with Gasteiger partial charge in [0.25, 0.3) is 0 Å². The van der Waals surface area contributed by atoms with Crippen LogP contribution in [0.1, 0.15) is 43.8 Å². The zero-order valence-electron chi connectivity index (χ0n) is 10.6. The summed E-state index contributed by atoms with van der Waals surface area (Å²) in [5.41, 5.74) is -0.513. The lowest BCUT2D eigenvalue weighted by molar-refractivity contribution is -0.124. The van der Waals surface area contributed by atoms with Crippen LogP contribution >= 0.6 is 23.2 Å². The van der Waals surface area contributed by atoms with Gasteiger partial charge < -0.3 is 9.84 Å². The fraction of sp³-hybridized carbons (Fsp3) is 0.750. The summed E-state index contributed by atoms with van der Waals surface area (Å²) in [6, 6.07) is 0. The van der Waals surface area contributed by atoms with Gasteiger partial charge in [-0.1, -0.05) is 18.0 Å². The Labute approximate surface area is 121 Å². The summed E-state index contributed by atoms with van der Waals surface area (Å²) < 4.78 is 4.13. The van der Waals surface area contributed by atoms with Gasteiger partial charge in [0.05, 0.1) is 5.92 Å². The molecule has 0 spiro atoms. The number of aryl methyl sites for hydroxylation is 1. The zero-order chi connectivity index (χ0) is 13.7. The standard InChI is InChI=1S/C12H15Cl2N3O2/c1-7-15-10(17-19-7)11(4-2-3-5-11)16-9(18)8-6-12(8,13)14/h8H,2-6H2,1H3,(H,16,18). The molecule has 5 nitrogen and oxygen atoms in total. The van der Waals surface area contributed by atoms with Crippen molar-refractivity contribution in [1.82, 2.24) is 15.5 Å². The van der Waals surface area contributed by atoms with Crippen molar-refractivity contribution >= 4 is 29.1 Å². The predicted octanol–water partition coefficient (Wildman–Crippen LogP) is 2.46. The van der Waals surface area contributed by atoms with E-state index >= 15 is 0 Å². The number of nitrogens with zero attached hydrogens (tertiary/aromatic N) is 2. The number of carbonyl (C=O) groups excluding carboxylic acids is 1. The molecule has 2 aliphatic carbocycles. The number of halogens is 2. The van der Waals surface area contributed by atoms with Gasteiger partial charge >= 0.3 is 0 Å². The Morgan fingerprint density at radius 2 is 2.05 bits per heavy atom. The number of rotatable bonds is 3. The van der Waals surface area contributed by atoms with Crippen molar-refractivity contribution in [2.75, 3.05) is 0 Å². The Morgan fingerprint density at radius 3 is 2.53 bits per heavy atom. The maximum Gasteiger partial charge on any atom is 0.227 e. The molecule has 3 rings (SSSR count). The second kappa shape index (κ2) is 4.35. The van der Waals surface area contributed by atoms with Gasteiger partial charge in [-0.05, 0) is 19.3 Å². The summed E-state index contributed by atoms with van der Waals surface area (Å²) in [7, 11) is 0. The molecule has 2 aliphatic rings. The highest BCUT2D eigenvalue weighted by molar-refractivity contribution is 6.52. The van der Waals surface area contributed by atoms with E-state index in [0.717, 1.165) is 25.7 Å². The van der Waals surface area contributed by atoms with Crippen LogP contribution in [0.4, 0.5) is 0 Å². The Morgan fingerprint density at radius 1 is 1.42 bits per heavy atom. The van der Waals surface area contributed by atoms with Crippen molar-refractivity contribution in [2.24, 2.45) is 5.92 Å². The van der Waals surface area contributed by atoms with Gasteiger partial charge in [-0.15, -0.1) is 23.2 Å². The van der Waals surface area contributed by atoms with Crippen molar-refractivity contribution < 1.29 is 9.32 Å². The van der Waals surface area contributed by atoms with Gasteiger partial charge in [0.2, 0.25) is 11.8 Å². The molecule has 104 valence electrons. The molecule has 1 aromatic rings. The minimum atomic E-state index is -0.906. The second-order valence-corrected chi connectivity index (χ2v) is 6.98. The Bertz CT molecular complexity index is 509. The van der Waals surface area contributed by atoms with Crippen LogP contribution in [0.3, 0.4) is 0 Å². The quantitative estimate of drug-likeness (QED) is 0.871. The van der Waals surface area contributed by atoms with Gasteiger partial charge in [0, 0.05) is 6.92 Å². The third kappa shape index (κ3) is 2.34. The van der Waals surface area contributed by atoms with Crippen LogP contribution in [0.5, 0.6) is 0 Å². The summed E-state index contributed by atoms with van der Waals surface area (Å²) in [5, 5.41) is 7.02. The monoisotopic (exact) mass is 303 g/mol. The fourth-order valence-corrected chi connectivity index (χ4v) is 3.20. The van der Waals surface area contributed by atoms with Crippen LogP contribution < -0.4 is 5.32 Å². The molecular formula is C12H15Cl2N3O2. The molecule has 0 saturated heterocycles. The molecule has 0 aliphatic heterocycles. The highest BCUT2D eigenvalue weighted by Gasteiger charge is 2.58. The molecule has 1 heterocycles. The summed E-state index contributed by atoms with van der Waals surface area (Å²) in [4.78, 5) is 16.5. The van der Waals surface area contributed by atoms with Crippen molar-refractivity contribution in [3.63, 3.8) is 0 Å². The Kier molecular flexibility index (Phi) is 3.02. The van der Waals surface area contributed by atoms with E-state index in [0.29, 0.717) is 18.1 Å². The van der Waals surface area contributed by atoms with E-state index in [2.05, 4.69) is 15.5 Å². The average Bonchev–Trinajstić information content (AvgIpc) is 2.76. The summed E-state index contributed by atoms with van der Waals surface area (Å²) >= 11 is 11.9. The fourth-order valence-electron chi connectivity index (χ4n) is 2.70. The molecule has 19 heavy (non-hydrogen) atoms. The number of aromatic nitrogens is 2. The smallest absolute Gasteiger partial charge is 0.227 e. The molecule has 1 atom stereocenters. The first kappa shape index (κ1) is 13.2. The molecule has 2 saturated carbocycles. The van der Waals surface area contributed by atoms with Gasteiger partial charge in [-0.3, -0.25) is 4.79 Å². The van der Waals surface area contributed by atoms with Crippen molar-refractivity contribution in [2.45, 2.75) is 48.9 Å². The minimum Gasteiger partial charge on any atom is -0.343 e. The van der Waals surface area contributed by atoms with Crippen LogP contribution in [-0.2, 0) is 10.3 Å². The molecule has 1 aromatic heterocycles. The van der Waals surface area contributed by atoms with Crippen LogP contribution in [-0.4, -0.2) is 20.4 Å². The molecular weight excluding hydrogens is 289 g/mol. The molecule has 0 aromatic carbocycles. The number of hydrogen-bond donors (Lipinski definition) is 1. The van der Waals surface area contributed by atoms with E-state index in [1.54, 1.807) is 6.92 Å². The van der Waals surface area contributed by atoms with E-state index in [9.17, 15) is 4.79 Å². The van der Waals surface area contributed by atoms with Crippen molar-refractivity contribution in [3.8, 4) is 0 Å². The molecule has 1 unspecified atom stereocenters. The molecule has 2 fully saturated rings. The van der Waals surface area contributed by atoms with Crippen LogP contribution in [0.2, 0.25) is 0 Å². The summed E-state index contributed by atoms with van der Waals surface area (Å²) in [6.07, 6.45) is 4.21. The average molecular weight is 304 g/mol. The molecule has 1 N–H and O–H groups in total. The Hall–Kier alpha value is -0.810. The molecule has 1 amide bonds. The number of carbonyl (C=O) groups is 1. The summed E-state index contributed by atoms with van der Waals surface area (Å²) in [5.74, 6) is 0.618. The number of amides is 1. The van der Waals surface area contributed by atoms with Crippen LogP contribution in [0, 0.1) is 12.8 Å².